The summed E-state index contributed by atoms with van der Waals surface area (Å²) < 4.78 is 7.15. The van der Waals surface area contributed by atoms with Crippen LogP contribution in [0.25, 0.3) is 10.9 Å². The zero-order valence-corrected chi connectivity index (χ0v) is 12.7. The van der Waals surface area contributed by atoms with Gasteiger partial charge in [0, 0.05) is 51.9 Å². The number of fused-ring (bicyclic) bond motifs is 1. The third-order valence-electron chi connectivity index (χ3n) is 3.51. The van der Waals surface area contributed by atoms with Gasteiger partial charge in [-0.1, -0.05) is 12.1 Å². The molecule has 5 nitrogen and oxygen atoms in total. The van der Waals surface area contributed by atoms with Gasteiger partial charge in [0.2, 0.25) is 5.91 Å². The van der Waals surface area contributed by atoms with E-state index in [-0.39, 0.29) is 5.91 Å². The number of methoxy groups -OCH3 is 1. The number of aryl methyl sites for hydroxylation is 1. The highest BCUT2D eigenvalue weighted by Gasteiger charge is 2.04. The Kier molecular flexibility index (Phi) is 5.78. The molecule has 114 valence electrons. The molecule has 1 aromatic carbocycles. The average molecular weight is 289 g/mol. The van der Waals surface area contributed by atoms with Gasteiger partial charge in [-0.15, -0.1) is 0 Å². The average Bonchev–Trinajstić information content (AvgIpc) is 2.91. The fraction of sp³-hybridized carbons (Fsp3) is 0.438. The predicted octanol–water partition coefficient (Wildman–Crippen LogP) is 1.51. The molecule has 1 heterocycles. The molecule has 0 aliphatic heterocycles. The molecule has 0 bridgehead atoms. The lowest BCUT2D eigenvalue weighted by atomic mass is 10.1. The van der Waals surface area contributed by atoms with Crippen molar-refractivity contribution in [2.45, 2.75) is 19.5 Å². The van der Waals surface area contributed by atoms with Crippen LogP contribution in [0.4, 0.5) is 0 Å². The molecule has 2 rings (SSSR count). The predicted molar refractivity (Wildman–Crippen MR) is 84.2 cm³/mol. The fourth-order valence-electron chi connectivity index (χ4n) is 2.29. The smallest absolute Gasteiger partial charge is 0.221 e. The topological polar surface area (TPSA) is 55.3 Å². The van der Waals surface area contributed by atoms with Crippen molar-refractivity contribution in [1.82, 2.24) is 15.2 Å². The van der Waals surface area contributed by atoms with Crippen molar-refractivity contribution in [2.75, 3.05) is 27.3 Å². The minimum absolute atomic E-state index is 0.0641. The Balaban J connectivity index is 2.04. The number of rotatable bonds is 8. The quantitative estimate of drug-likeness (QED) is 0.724. The number of nitrogens with zero attached hydrogens (tertiary/aromatic N) is 1. The van der Waals surface area contributed by atoms with Crippen LogP contribution in [0.1, 0.15) is 12.0 Å². The van der Waals surface area contributed by atoms with Gasteiger partial charge in [0.15, 0.2) is 0 Å². The normalized spacial score (nSPS) is 11.0. The van der Waals surface area contributed by atoms with Gasteiger partial charge < -0.3 is 19.9 Å². The zero-order valence-electron chi connectivity index (χ0n) is 12.7. The first-order chi connectivity index (χ1) is 10.2. The maximum absolute atomic E-state index is 11.4. The maximum Gasteiger partial charge on any atom is 0.221 e. The van der Waals surface area contributed by atoms with Crippen LogP contribution in [0.3, 0.4) is 0 Å². The van der Waals surface area contributed by atoms with Gasteiger partial charge in [-0.2, -0.15) is 0 Å². The molecule has 1 amide bonds. The summed E-state index contributed by atoms with van der Waals surface area (Å²) >= 11 is 0. The van der Waals surface area contributed by atoms with Crippen LogP contribution >= 0.6 is 0 Å². The number of carbonyl (C=O) groups is 1. The molecule has 0 radical (unpaired) electrons. The molecule has 0 saturated carbocycles. The van der Waals surface area contributed by atoms with Gasteiger partial charge >= 0.3 is 0 Å². The summed E-state index contributed by atoms with van der Waals surface area (Å²) in [5.41, 5.74) is 2.41. The highest BCUT2D eigenvalue weighted by molar-refractivity contribution is 5.81. The molecular formula is C16H23N3O2. The first-order valence-electron chi connectivity index (χ1n) is 7.22. The lowest BCUT2D eigenvalue weighted by Crippen LogP contribution is -2.19. The van der Waals surface area contributed by atoms with E-state index in [1.807, 2.05) is 6.20 Å². The summed E-state index contributed by atoms with van der Waals surface area (Å²) in [6.45, 7) is 3.07. The van der Waals surface area contributed by atoms with Crippen molar-refractivity contribution >= 4 is 16.8 Å². The van der Waals surface area contributed by atoms with Crippen LogP contribution in [0.2, 0.25) is 0 Å². The number of hydrogen-bond acceptors (Lipinski definition) is 3. The lowest BCUT2D eigenvalue weighted by Gasteiger charge is -2.08. The van der Waals surface area contributed by atoms with Crippen LogP contribution < -0.4 is 10.6 Å². The van der Waals surface area contributed by atoms with Crippen molar-refractivity contribution in [3.8, 4) is 0 Å². The van der Waals surface area contributed by atoms with Gasteiger partial charge in [-0.25, -0.2) is 0 Å². The Labute approximate surface area is 125 Å². The Morgan fingerprint density at radius 2 is 2.19 bits per heavy atom. The van der Waals surface area contributed by atoms with Gasteiger partial charge in [0.1, 0.15) is 0 Å². The summed E-state index contributed by atoms with van der Waals surface area (Å²) in [6, 6.07) is 8.52. The van der Waals surface area contributed by atoms with Crippen LogP contribution in [-0.2, 0) is 22.6 Å². The minimum Gasteiger partial charge on any atom is -0.383 e. The lowest BCUT2D eigenvalue weighted by molar-refractivity contribution is -0.120. The largest absolute Gasteiger partial charge is 0.383 e. The van der Waals surface area contributed by atoms with E-state index < -0.39 is 0 Å². The summed E-state index contributed by atoms with van der Waals surface area (Å²) in [4.78, 5) is 11.4. The molecule has 21 heavy (non-hydrogen) atoms. The molecular weight excluding hydrogens is 266 g/mol. The fourth-order valence-corrected chi connectivity index (χ4v) is 2.29. The molecule has 5 heteroatoms. The number of amides is 1. The van der Waals surface area contributed by atoms with E-state index in [9.17, 15) is 4.79 Å². The maximum atomic E-state index is 11.4. The molecule has 0 spiro atoms. The van der Waals surface area contributed by atoms with Gasteiger partial charge in [0.25, 0.3) is 0 Å². The van der Waals surface area contributed by atoms with E-state index in [2.05, 4.69) is 39.5 Å². The van der Waals surface area contributed by atoms with Crippen molar-refractivity contribution in [2.24, 2.45) is 0 Å². The SMILES string of the molecule is CNC(=O)CCn1ccc2ccc(CNCCOC)cc21. The molecule has 0 aliphatic rings. The highest BCUT2D eigenvalue weighted by Crippen LogP contribution is 2.18. The van der Waals surface area contributed by atoms with Crippen molar-refractivity contribution in [3.05, 3.63) is 36.0 Å². The number of aromatic nitrogens is 1. The third kappa shape index (κ3) is 4.31. The summed E-state index contributed by atoms with van der Waals surface area (Å²) in [6.07, 6.45) is 2.53. The van der Waals surface area contributed by atoms with Crippen LogP contribution in [0.15, 0.2) is 30.5 Å². The minimum atomic E-state index is 0.0641. The first-order valence-corrected chi connectivity index (χ1v) is 7.22. The number of benzene rings is 1. The summed E-state index contributed by atoms with van der Waals surface area (Å²) in [5, 5.41) is 7.19. The molecule has 0 saturated heterocycles. The number of carbonyl (C=O) groups excluding carboxylic acids is 1. The van der Waals surface area contributed by atoms with E-state index in [0.29, 0.717) is 19.6 Å². The second-order valence-electron chi connectivity index (χ2n) is 5.00. The zero-order chi connectivity index (χ0) is 15.1. The van der Waals surface area contributed by atoms with E-state index in [1.165, 1.54) is 16.5 Å². The van der Waals surface area contributed by atoms with E-state index in [1.54, 1.807) is 14.2 Å². The van der Waals surface area contributed by atoms with E-state index in [4.69, 9.17) is 4.74 Å². The monoisotopic (exact) mass is 289 g/mol. The molecule has 2 N–H and O–H groups in total. The Hall–Kier alpha value is -1.85. The number of hydrogen-bond donors (Lipinski definition) is 2. The van der Waals surface area contributed by atoms with E-state index in [0.717, 1.165) is 13.1 Å². The van der Waals surface area contributed by atoms with Gasteiger partial charge in [-0.05, 0) is 23.1 Å². The first kappa shape index (κ1) is 15.5. The Bertz CT molecular complexity index is 592. The summed E-state index contributed by atoms with van der Waals surface area (Å²) in [7, 11) is 3.37. The summed E-state index contributed by atoms with van der Waals surface area (Å²) in [5.74, 6) is 0.0641. The van der Waals surface area contributed by atoms with Crippen molar-refractivity contribution in [1.29, 1.82) is 0 Å². The number of ether oxygens (including phenoxy) is 1. The van der Waals surface area contributed by atoms with Crippen molar-refractivity contribution < 1.29 is 9.53 Å². The van der Waals surface area contributed by atoms with E-state index >= 15 is 0 Å². The second-order valence-corrected chi connectivity index (χ2v) is 5.00. The van der Waals surface area contributed by atoms with Crippen molar-refractivity contribution in [3.63, 3.8) is 0 Å². The Morgan fingerprint density at radius 3 is 2.95 bits per heavy atom. The molecule has 1 aromatic heterocycles. The van der Waals surface area contributed by atoms with Crippen LogP contribution in [-0.4, -0.2) is 37.8 Å². The second kappa shape index (κ2) is 7.81. The van der Waals surface area contributed by atoms with Gasteiger partial charge in [-0.3, -0.25) is 4.79 Å². The number of nitrogens with one attached hydrogen (secondary N) is 2. The molecule has 0 unspecified atom stereocenters. The van der Waals surface area contributed by atoms with Gasteiger partial charge in [0.05, 0.1) is 6.61 Å². The van der Waals surface area contributed by atoms with Crippen LogP contribution in [0, 0.1) is 0 Å². The molecule has 0 atom stereocenters. The van der Waals surface area contributed by atoms with Crippen LogP contribution in [0.5, 0.6) is 0 Å². The molecule has 0 aliphatic carbocycles. The Morgan fingerprint density at radius 1 is 1.33 bits per heavy atom. The molecule has 0 fully saturated rings. The standard InChI is InChI=1S/C16H23N3O2/c1-17-16(20)6-9-19-8-5-14-4-3-13(11-15(14)19)12-18-7-10-21-2/h3-5,8,11,18H,6-7,9-10,12H2,1-2H3,(H,17,20). The highest BCUT2D eigenvalue weighted by atomic mass is 16.5. The third-order valence-corrected chi connectivity index (χ3v) is 3.51. The molecule has 2 aromatic rings.